The molecule has 0 saturated heterocycles. The van der Waals surface area contributed by atoms with Crippen molar-refractivity contribution < 1.29 is 9.18 Å². The molecule has 1 aromatic carbocycles. The molecule has 1 aliphatic carbocycles. The third kappa shape index (κ3) is 3.03. The van der Waals surface area contributed by atoms with Gasteiger partial charge >= 0.3 is 0 Å². The number of carbonyl (C=O) groups excluding carboxylic acids is 1. The smallest absolute Gasteiger partial charge is 0.243 e. The first-order valence-electron chi connectivity index (χ1n) is 5.37. The van der Waals surface area contributed by atoms with E-state index in [0.717, 1.165) is 12.8 Å². The topological polar surface area (TPSA) is 41.5 Å². The van der Waals surface area contributed by atoms with Crippen molar-refractivity contribution in [2.24, 2.45) is 11.0 Å². The lowest BCUT2D eigenvalue weighted by atomic mass is 10.1. The molecule has 1 aromatic rings. The molecular weight excluding hydrogens is 243 g/mol. The van der Waals surface area contributed by atoms with E-state index in [9.17, 15) is 9.18 Å². The van der Waals surface area contributed by atoms with E-state index in [1.54, 1.807) is 13.0 Å². The second-order valence-electron chi connectivity index (χ2n) is 4.07. The Morgan fingerprint density at radius 3 is 2.82 bits per heavy atom. The number of nitrogens with zero attached hydrogens (tertiary/aromatic N) is 1. The number of amides is 1. The van der Waals surface area contributed by atoms with Crippen LogP contribution in [0.3, 0.4) is 0 Å². The van der Waals surface area contributed by atoms with Crippen LogP contribution in [-0.2, 0) is 4.79 Å². The summed E-state index contributed by atoms with van der Waals surface area (Å²) in [6.07, 6.45) is 1.86. The summed E-state index contributed by atoms with van der Waals surface area (Å²) < 4.78 is 12.8. The monoisotopic (exact) mass is 254 g/mol. The number of rotatable bonds is 3. The maximum atomic E-state index is 12.8. The molecule has 1 aliphatic rings. The highest BCUT2D eigenvalue weighted by atomic mass is 35.5. The maximum absolute atomic E-state index is 12.8. The van der Waals surface area contributed by atoms with E-state index in [1.807, 2.05) is 0 Å². The van der Waals surface area contributed by atoms with Gasteiger partial charge in [-0.25, -0.2) is 9.82 Å². The van der Waals surface area contributed by atoms with Crippen LogP contribution in [0.1, 0.15) is 25.3 Å². The minimum atomic E-state index is -0.395. The van der Waals surface area contributed by atoms with Crippen molar-refractivity contribution in [2.75, 3.05) is 0 Å². The Balaban J connectivity index is 2.09. The Kier molecular flexibility index (Phi) is 3.43. The second kappa shape index (κ2) is 4.84. The van der Waals surface area contributed by atoms with E-state index in [1.165, 1.54) is 12.1 Å². The van der Waals surface area contributed by atoms with Gasteiger partial charge < -0.3 is 0 Å². The maximum Gasteiger partial charge on any atom is 0.243 e. The van der Waals surface area contributed by atoms with Gasteiger partial charge in [0, 0.05) is 11.5 Å². The summed E-state index contributed by atoms with van der Waals surface area (Å²) in [5.41, 5.74) is 3.66. The van der Waals surface area contributed by atoms with Gasteiger partial charge in [-0.15, -0.1) is 0 Å². The Morgan fingerprint density at radius 2 is 2.24 bits per heavy atom. The predicted molar refractivity (Wildman–Crippen MR) is 64.5 cm³/mol. The van der Waals surface area contributed by atoms with Crippen molar-refractivity contribution in [1.29, 1.82) is 0 Å². The molecular formula is C12H12ClFN2O. The molecule has 1 fully saturated rings. The molecule has 0 bridgehead atoms. The summed E-state index contributed by atoms with van der Waals surface area (Å²) in [6, 6.07) is 4.07. The molecule has 1 N–H and O–H groups in total. The van der Waals surface area contributed by atoms with Crippen LogP contribution in [0.15, 0.2) is 23.3 Å². The first kappa shape index (κ1) is 12.0. The van der Waals surface area contributed by atoms with Gasteiger partial charge in [-0.1, -0.05) is 11.6 Å². The van der Waals surface area contributed by atoms with E-state index in [4.69, 9.17) is 11.6 Å². The fourth-order valence-electron chi connectivity index (χ4n) is 1.42. The summed E-state index contributed by atoms with van der Waals surface area (Å²) in [5.74, 6) is -0.355. The summed E-state index contributed by atoms with van der Waals surface area (Å²) in [6.45, 7) is 1.71. The van der Waals surface area contributed by atoms with Crippen LogP contribution in [-0.4, -0.2) is 11.6 Å². The highest BCUT2D eigenvalue weighted by Crippen LogP contribution is 2.28. The third-order valence-corrected chi connectivity index (χ3v) is 2.92. The Morgan fingerprint density at radius 1 is 1.53 bits per heavy atom. The van der Waals surface area contributed by atoms with Crippen molar-refractivity contribution in [3.05, 3.63) is 34.6 Å². The average Bonchev–Trinajstić information content (AvgIpc) is 3.09. The van der Waals surface area contributed by atoms with Crippen LogP contribution in [0.4, 0.5) is 4.39 Å². The molecule has 0 aromatic heterocycles. The van der Waals surface area contributed by atoms with Crippen LogP contribution in [0.5, 0.6) is 0 Å². The van der Waals surface area contributed by atoms with Crippen LogP contribution < -0.4 is 5.43 Å². The number of benzene rings is 1. The van der Waals surface area contributed by atoms with Gasteiger partial charge in [0.25, 0.3) is 0 Å². The molecule has 0 radical (unpaired) electrons. The minimum absolute atomic E-state index is 0.0671. The fraction of sp³-hybridized carbons (Fsp3) is 0.333. The van der Waals surface area contributed by atoms with Crippen LogP contribution in [0, 0.1) is 11.7 Å². The molecule has 1 saturated carbocycles. The fourth-order valence-corrected chi connectivity index (χ4v) is 1.72. The zero-order valence-corrected chi connectivity index (χ0v) is 10.1. The van der Waals surface area contributed by atoms with Gasteiger partial charge in [0.1, 0.15) is 5.82 Å². The van der Waals surface area contributed by atoms with E-state index in [2.05, 4.69) is 10.5 Å². The highest BCUT2D eigenvalue weighted by Gasteiger charge is 2.29. The summed E-state index contributed by atoms with van der Waals surface area (Å²) in [4.78, 5) is 11.4. The zero-order chi connectivity index (χ0) is 12.4. The summed E-state index contributed by atoms with van der Waals surface area (Å²) >= 11 is 5.88. The molecule has 5 heteroatoms. The zero-order valence-electron chi connectivity index (χ0n) is 9.34. The van der Waals surface area contributed by atoms with Crippen molar-refractivity contribution in [1.82, 2.24) is 5.43 Å². The number of hydrazone groups is 1. The Bertz CT molecular complexity index is 483. The van der Waals surface area contributed by atoms with Gasteiger partial charge in [-0.3, -0.25) is 4.79 Å². The van der Waals surface area contributed by atoms with Crippen LogP contribution >= 0.6 is 11.6 Å². The van der Waals surface area contributed by atoms with Gasteiger partial charge in [-0.05, 0) is 38.0 Å². The predicted octanol–water partition coefficient (Wildman–Crippen LogP) is 2.73. The van der Waals surface area contributed by atoms with Gasteiger partial charge in [-0.2, -0.15) is 5.10 Å². The third-order valence-electron chi connectivity index (χ3n) is 2.60. The molecule has 0 heterocycles. The molecule has 3 nitrogen and oxygen atoms in total. The number of halogens is 2. The Labute approximate surface area is 104 Å². The summed E-state index contributed by atoms with van der Waals surface area (Å²) in [7, 11) is 0. The lowest BCUT2D eigenvalue weighted by Crippen LogP contribution is -2.20. The number of carbonyl (C=O) groups is 1. The molecule has 0 aliphatic heterocycles. The van der Waals surface area contributed by atoms with Crippen molar-refractivity contribution in [2.45, 2.75) is 19.8 Å². The quantitative estimate of drug-likeness (QED) is 0.654. The highest BCUT2D eigenvalue weighted by molar-refractivity contribution is 6.34. The lowest BCUT2D eigenvalue weighted by molar-refractivity contribution is -0.122. The molecule has 0 unspecified atom stereocenters. The number of nitrogens with one attached hydrogen (secondary N) is 1. The molecule has 90 valence electrons. The SMILES string of the molecule is C/C(=N/NC(=O)C1CC1)c1ccc(F)cc1Cl. The van der Waals surface area contributed by atoms with E-state index in [0.29, 0.717) is 11.3 Å². The van der Waals surface area contributed by atoms with Crippen molar-refractivity contribution in [3.63, 3.8) is 0 Å². The van der Waals surface area contributed by atoms with Crippen molar-refractivity contribution in [3.8, 4) is 0 Å². The number of hydrogen-bond donors (Lipinski definition) is 1. The molecule has 17 heavy (non-hydrogen) atoms. The molecule has 0 spiro atoms. The second-order valence-corrected chi connectivity index (χ2v) is 4.48. The average molecular weight is 255 g/mol. The standard InChI is InChI=1S/C12H12ClFN2O/c1-7(15-16-12(17)8-2-3-8)10-5-4-9(14)6-11(10)13/h4-6,8H,2-3H2,1H3,(H,16,17)/b15-7-. The van der Waals surface area contributed by atoms with Crippen molar-refractivity contribution >= 4 is 23.2 Å². The van der Waals surface area contributed by atoms with Crippen LogP contribution in [0.2, 0.25) is 5.02 Å². The largest absolute Gasteiger partial charge is 0.273 e. The normalized spacial score (nSPS) is 15.8. The Hall–Kier alpha value is -1.42. The summed E-state index contributed by atoms with van der Waals surface area (Å²) in [5, 5.41) is 4.24. The first-order chi connectivity index (χ1) is 8.08. The molecule has 1 amide bonds. The van der Waals surface area contributed by atoms with E-state index >= 15 is 0 Å². The lowest BCUT2D eigenvalue weighted by Gasteiger charge is -2.04. The molecule has 2 rings (SSSR count). The van der Waals surface area contributed by atoms with Crippen LogP contribution in [0.25, 0.3) is 0 Å². The number of hydrogen-bond acceptors (Lipinski definition) is 2. The van der Waals surface area contributed by atoms with Gasteiger partial charge in [0.15, 0.2) is 0 Å². The van der Waals surface area contributed by atoms with Gasteiger partial charge in [0.2, 0.25) is 5.91 Å². The minimum Gasteiger partial charge on any atom is -0.273 e. The van der Waals surface area contributed by atoms with Gasteiger partial charge in [0.05, 0.1) is 10.7 Å². The molecule has 0 atom stereocenters. The first-order valence-corrected chi connectivity index (χ1v) is 5.75. The van der Waals surface area contributed by atoms with E-state index in [-0.39, 0.29) is 16.8 Å². The van der Waals surface area contributed by atoms with E-state index < -0.39 is 5.82 Å².